The number of carbonyl (C=O) groups excluding carboxylic acids is 1. The molecule has 0 saturated carbocycles. The third-order valence-electron chi connectivity index (χ3n) is 3.14. The van der Waals surface area contributed by atoms with Gasteiger partial charge in [0, 0.05) is 17.2 Å². The third kappa shape index (κ3) is 2.65. The van der Waals surface area contributed by atoms with Crippen molar-refractivity contribution in [2.24, 2.45) is 5.92 Å². The Labute approximate surface area is 111 Å². The summed E-state index contributed by atoms with van der Waals surface area (Å²) in [5.41, 5.74) is 0.508. The molecule has 0 N–H and O–H groups in total. The summed E-state index contributed by atoms with van der Waals surface area (Å²) in [4.78, 5) is 12.4. The molecule has 1 fully saturated rings. The predicted molar refractivity (Wildman–Crippen MR) is 68.9 cm³/mol. The van der Waals surface area contributed by atoms with Crippen molar-refractivity contribution in [2.75, 3.05) is 6.61 Å². The molecule has 1 heterocycles. The van der Waals surface area contributed by atoms with Gasteiger partial charge >= 0.3 is 0 Å². The van der Waals surface area contributed by atoms with Crippen molar-refractivity contribution < 1.29 is 9.53 Å². The fraction of sp³-hybridized carbons (Fsp3) is 0.462. The highest BCUT2D eigenvalue weighted by Crippen LogP contribution is 2.30. The van der Waals surface area contributed by atoms with E-state index in [0.29, 0.717) is 22.2 Å². The van der Waals surface area contributed by atoms with Crippen LogP contribution in [0.25, 0.3) is 0 Å². The van der Waals surface area contributed by atoms with Gasteiger partial charge in [0.2, 0.25) is 0 Å². The zero-order chi connectivity index (χ0) is 12.4. The first kappa shape index (κ1) is 12.9. The molecule has 2 unspecified atom stereocenters. The molecule has 17 heavy (non-hydrogen) atoms. The lowest BCUT2D eigenvalue weighted by molar-refractivity contribution is 0.0689. The summed E-state index contributed by atoms with van der Waals surface area (Å²) in [5, 5.41) is 0.992. The van der Waals surface area contributed by atoms with Crippen molar-refractivity contribution in [3.8, 4) is 0 Å². The minimum atomic E-state index is -0.0871. The summed E-state index contributed by atoms with van der Waals surface area (Å²) in [7, 11) is 0. The van der Waals surface area contributed by atoms with Crippen LogP contribution in [0.2, 0.25) is 10.0 Å². The first-order valence-corrected chi connectivity index (χ1v) is 6.50. The Kier molecular flexibility index (Phi) is 4.08. The van der Waals surface area contributed by atoms with E-state index in [1.54, 1.807) is 18.2 Å². The van der Waals surface area contributed by atoms with Crippen molar-refractivity contribution in [3.05, 3.63) is 33.8 Å². The van der Waals surface area contributed by atoms with Gasteiger partial charge in [0.15, 0.2) is 5.78 Å². The number of carbonyl (C=O) groups is 1. The van der Waals surface area contributed by atoms with Crippen LogP contribution in [-0.2, 0) is 4.74 Å². The maximum Gasteiger partial charge on any atom is 0.170 e. The van der Waals surface area contributed by atoms with E-state index in [1.165, 1.54) is 0 Å². The number of ether oxygens (including phenoxy) is 1. The van der Waals surface area contributed by atoms with Gasteiger partial charge in [-0.1, -0.05) is 30.1 Å². The Bertz CT molecular complexity index is 431. The molecule has 4 heteroatoms. The third-order valence-corrected chi connectivity index (χ3v) is 3.71. The van der Waals surface area contributed by atoms with E-state index in [1.807, 2.05) is 6.92 Å². The van der Waals surface area contributed by atoms with Crippen molar-refractivity contribution in [1.82, 2.24) is 0 Å². The topological polar surface area (TPSA) is 26.3 Å². The van der Waals surface area contributed by atoms with Crippen LogP contribution >= 0.6 is 23.2 Å². The Morgan fingerprint density at radius 2 is 2.24 bits per heavy atom. The average Bonchev–Trinajstić information content (AvgIpc) is 2.79. The molecule has 1 aliphatic heterocycles. The highest BCUT2D eigenvalue weighted by Gasteiger charge is 2.34. The maximum absolute atomic E-state index is 12.4. The van der Waals surface area contributed by atoms with Crippen molar-refractivity contribution in [3.63, 3.8) is 0 Å². The summed E-state index contributed by atoms with van der Waals surface area (Å²) in [6, 6.07) is 4.98. The van der Waals surface area contributed by atoms with Crippen LogP contribution in [0.3, 0.4) is 0 Å². The lowest BCUT2D eigenvalue weighted by atomic mass is 9.90. The largest absolute Gasteiger partial charge is 0.377 e. The van der Waals surface area contributed by atoms with Gasteiger partial charge in [0.1, 0.15) is 0 Å². The van der Waals surface area contributed by atoms with Crippen LogP contribution in [0.1, 0.15) is 30.1 Å². The number of benzene rings is 1. The normalized spacial score (nSPS) is 23.9. The van der Waals surface area contributed by atoms with Gasteiger partial charge in [0.25, 0.3) is 0 Å². The van der Waals surface area contributed by atoms with Crippen LogP contribution in [-0.4, -0.2) is 18.5 Å². The van der Waals surface area contributed by atoms with E-state index in [-0.39, 0.29) is 17.8 Å². The highest BCUT2D eigenvalue weighted by atomic mass is 35.5. The average molecular weight is 273 g/mol. The second-order valence-corrected chi connectivity index (χ2v) is 5.04. The number of rotatable bonds is 3. The summed E-state index contributed by atoms with van der Waals surface area (Å²) in [6.45, 7) is 2.67. The number of halogens is 2. The van der Waals surface area contributed by atoms with Crippen LogP contribution in [0.5, 0.6) is 0 Å². The monoisotopic (exact) mass is 272 g/mol. The Hall–Kier alpha value is -0.570. The molecule has 92 valence electrons. The van der Waals surface area contributed by atoms with Crippen molar-refractivity contribution in [1.29, 1.82) is 0 Å². The maximum atomic E-state index is 12.4. The van der Waals surface area contributed by atoms with Crippen molar-refractivity contribution >= 4 is 29.0 Å². The van der Waals surface area contributed by atoms with Crippen LogP contribution in [0, 0.1) is 5.92 Å². The molecule has 2 atom stereocenters. The molecule has 0 aliphatic carbocycles. The Morgan fingerprint density at radius 1 is 1.47 bits per heavy atom. The number of hydrogen-bond acceptors (Lipinski definition) is 2. The highest BCUT2D eigenvalue weighted by molar-refractivity contribution is 6.36. The van der Waals surface area contributed by atoms with Gasteiger partial charge in [-0.2, -0.15) is 0 Å². The fourth-order valence-electron chi connectivity index (χ4n) is 2.24. The van der Waals surface area contributed by atoms with Gasteiger partial charge in [0.05, 0.1) is 17.0 Å². The molecule has 0 spiro atoms. The molecule has 0 bridgehead atoms. The van der Waals surface area contributed by atoms with Gasteiger partial charge < -0.3 is 4.74 Å². The summed E-state index contributed by atoms with van der Waals surface area (Å²) in [6.07, 6.45) is 1.62. The predicted octanol–water partition coefficient (Wildman–Crippen LogP) is 3.99. The molecular formula is C13H14Cl2O2. The zero-order valence-electron chi connectivity index (χ0n) is 9.58. The van der Waals surface area contributed by atoms with Crippen molar-refractivity contribution in [2.45, 2.75) is 25.9 Å². The van der Waals surface area contributed by atoms with Crippen LogP contribution in [0.4, 0.5) is 0 Å². The van der Waals surface area contributed by atoms with Gasteiger partial charge in [-0.15, -0.1) is 0 Å². The molecule has 1 aromatic rings. The van der Waals surface area contributed by atoms with Crippen LogP contribution < -0.4 is 0 Å². The van der Waals surface area contributed by atoms with E-state index in [9.17, 15) is 4.79 Å². The Balaban J connectivity index is 2.27. The summed E-state index contributed by atoms with van der Waals surface area (Å²) < 4.78 is 5.53. The molecule has 0 amide bonds. The van der Waals surface area contributed by atoms with E-state index in [2.05, 4.69) is 0 Å². The molecule has 1 aliphatic rings. The quantitative estimate of drug-likeness (QED) is 0.778. The fourth-order valence-corrected chi connectivity index (χ4v) is 2.62. The van der Waals surface area contributed by atoms with Gasteiger partial charge in [-0.25, -0.2) is 0 Å². The van der Waals surface area contributed by atoms with E-state index < -0.39 is 0 Å². The second-order valence-electron chi connectivity index (χ2n) is 4.20. The molecular weight excluding hydrogens is 259 g/mol. The summed E-state index contributed by atoms with van der Waals surface area (Å²) >= 11 is 11.9. The van der Waals surface area contributed by atoms with E-state index in [4.69, 9.17) is 27.9 Å². The molecule has 2 nitrogen and oxygen atoms in total. The SMILES string of the molecule is CCC1OCCC1C(=O)c1cc(Cl)ccc1Cl. The lowest BCUT2D eigenvalue weighted by Gasteiger charge is -2.16. The minimum Gasteiger partial charge on any atom is -0.377 e. The van der Waals surface area contributed by atoms with Crippen LogP contribution in [0.15, 0.2) is 18.2 Å². The number of Topliss-reactive ketones (excluding diaryl/α,β-unsaturated/α-hetero) is 1. The summed E-state index contributed by atoms with van der Waals surface area (Å²) in [5.74, 6) is -0.0437. The number of ketones is 1. The van der Waals surface area contributed by atoms with Gasteiger partial charge in [-0.3, -0.25) is 4.79 Å². The molecule has 1 aromatic carbocycles. The Morgan fingerprint density at radius 3 is 2.94 bits per heavy atom. The zero-order valence-corrected chi connectivity index (χ0v) is 11.1. The lowest BCUT2D eigenvalue weighted by Crippen LogP contribution is -2.24. The molecule has 2 rings (SSSR count). The van der Waals surface area contributed by atoms with Gasteiger partial charge in [-0.05, 0) is 31.0 Å². The standard InChI is InChI=1S/C13H14Cl2O2/c1-2-12-9(5-6-17-12)13(16)10-7-8(14)3-4-11(10)15/h3-4,7,9,12H,2,5-6H2,1H3. The molecule has 0 radical (unpaired) electrons. The number of hydrogen-bond donors (Lipinski definition) is 0. The second kappa shape index (κ2) is 5.38. The molecule has 0 aromatic heterocycles. The van der Waals surface area contributed by atoms with E-state index >= 15 is 0 Å². The first-order valence-electron chi connectivity index (χ1n) is 5.74. The smallest absolute Gasteiger partial charge is 0.170 e. The van der Waals surface area contributed by atoms with E-state index in [0.717, 1.165) is 12.8 Å². The minimum absolute atomic E-state index is 0.0116. The molecule has 1 saturated heterocycles. The first-order chi connectivity index (χ1) is 8.13.